The zero-order chi connectivity index (χ0) is 10.9. The van der Waals surface area contributed by atoms with Crippen LogP contribution < -0.4 is 68.9 Å². The van der Waals surface area contributed by atoms with E-state index in [0.29, 0.717) is 0 Å². The van der Waals surface area contributed by atoms with Crippen LogP contribution in [0.1, 0.15) is 19.8 Å². The van der Waals surface area contributed by atoms with Crippen molar-refractivity contribution >= 4 is 5.78 Å². The van der Waals surface area contributed by atoms with Gasteiger partial charge in [-0.3, -0.25) is 10.9 Å². The summed E-state index contributed by atoms with van der Waals surface area (Å²) < 4.78 is 36.0. The monoisotopic (exact) mass is 353 g/mol. The van der Waals surface area contributed by atoms with Crippen LogP contribution in [0.15, 0.2) is 16.9 Å². The molecule has 0 aromatic rings. The first kappa shape index (κ1) is 19.1. The summed E-state index contributed by atoms with van der Waals surface area (Å²) in [6.45, 7) is 1.41. The molecule has 0 heterocycles. The fourth-order valence-electron chi connectivity index (χ4n) is 1.20. The summed E-state index contributed by atoms with van der Waals surface area (Å²) in [5.41, 5.74) is -0.363. The third-order valence-electron chi connectivity index (χ3n) is 1.94. The number of halogens is 3. The van der Waals surface area contributed by atoms with E-state index in [-0.39, 0.29) is 94.7 Å². The van der Waals surface area contributed by atoms with Gasteiger partial charge in [-0.25, -0.2) is 0 Å². The van der Waals surface area contributed by atoms with Gasteiger partial charge in [-0.15, -0.1) is 6.42 Å². The minimum absolute atomic E-state index is 0. The zero-order valence-corrected chi connectivity index (χ0v) is 15.7. The SMILES string of the molecule is CC1=[C-]CCC(C(=O)C(F)(F)F)=C1O.[CH3-].[Cs+]. The second-order valence-electron chi connectivity index (χ2n) is 2.96. The molecule has 0 spiro atoms. The first-order valence-electron chi connectivity index (χ1n) is 3.95. The molecule has 16 heavy (non-hydrogen) atoms. The van der Waals surface area contributed by atoms with Crippen LogP contribution >= 0.6 is 0 Å². The maximum atomic E-state index is 12.0. The molecule has 0 saturated heterocycles. The van der Waals surface area contributed by atoms with Gasteiger partial charge in [-0.2, -0.15) is 18.7 Å². The van der Waals surface area contributed by atoms with Gasteiger partial charge in [0.25, 0.3) is 0 Å². The Morgan fingerprint density at radius 3 is 2.38 bits per heavy atom. The molecule has 0 aromatic carbocycles. The molecule has 0 saturated carbocycles. The Morgan fingerprint density at radius 1 is 1.44 bits per heavy atom. The molecule has 0 unspecified atom stereocenters. The third-order valence-corrected chi connectivity index (χ3v) is 1.94. The van der Waals surface area contributed by atoms with Crippen LogP contribution in [-0.4, -0.2) is 17.1 Å². The van der Waals surface area contributed by atoms with E-state index in [9.17, 15) is 23.1 Å². The fraction of sp³-hybridized carbons (Fsp3) is 0.400. The van der Waals surface area contributed by atoms with Crippen molar-refractivity contribution in [1.29, 1.82) is 0 Å². The average molecular weight is 353 g/mol. The molecule has 0 aromatic heterocycles. The molecule has 2 nitrogen and oxygen atoms in total. The summed E-state index contributed by atoms with van der Waals surface area (Å²) >= 11 is 0. The average Bonchev–Trinajstić information content (AvgIpc) is 2.07. The second-order valence-corrected chi connectivity index (χ2v) is 2.96. The van der Waals surface area contributed by atoms with Crippen molar-refractivity contribution in [2.75, 3.05) is 0 Å². The summed E-state index contributed by atoms with van der Waals surface area (Å²) in [4.78, 5) is 10.8. The Balaban J connectivity index is 0. The number of aliphatic hydroxyl groups excluding tert-OH is 1. The maximum absolute atomic E-state index is 12.0. The van der Waals surface area contributed by atoms with Crippen molar-refractivity contribution in [2.24, 2.45) is 0 Å². The van der Waals surface area contributed by atoms with E-state index in [2.05, 4.69) is 6.08 Å². The molecule has 1 aliphatic carbocycles. The van der Waals surface area contributed by atoms with E-state index in [1.807, 2.05) is 0 Å². The number of hydrogen-bond donors (Lipinski definition) is 1. The molecule has 1 N–H and O–H groups in total. The van der Waals surface area contributed by atoms with Crippen LogP contribution in [0, 0.1) is 13.5 Å². The molecule has 0 amide bonds. The predicted molar refractivity (Wildman–Crippen MR) is 48.8 cm³/mol. The van der Waals surface area contributed by atoms with E-state index in [0.717, 1.165) is 0 Å². The first-order chi connectivity index (χ1) is 6.34. The topological polar surface area (TPSA) is 37.3 Å². The van der Waals surface area contributed by atoms with Crippen LogP contribution in [0.25, 0.3) is 0 Å². The molecule has 1 rings (SSSR count). The standard InChI is InChI=1S/C9H8F3O2.CH3.Cs/c1-5-3-2-4-6(7(5)13)8(14)9(10,11)12;;/h13H,2,4H2,1H3;1H3;/q2*-1;+1. The van der Waals surface area contributed by atoms with E-state index < -0.39 is 23.3 Å². The molecule has 0 radical (unpaired) electrons. The Kier molecular flexibility index (Phi) is 8.70. The summed E-state index contributed by atoms with van der Waals surface area (Å²) in [6, 6.07) is 0. The molecular weight excluding hydrogens is 342 g/mol. The second kappa shape index (κ2) is 7.28. The normalized spacial score (nSPS) is 15.9. The maximum Gasteiger partial charge on any atom is 1.00 e. The molecule has 0 atom stereocenters. The minimum atomic E-state index is -4.92. The third kappa shape index (κ3) is 4.58. The van der Waals surface area contributed by atoms with Crippen molar-refractivity contribution in [2.45, 2.75) is 25.9 Å². The van der Waals surface area contributed by atoms with Crippen molar-refractivity contribution in [3.8, 4) is 0 Å². The number of carbonyl (C=O) groups excluding carboxylic acids is 1. The quantitative estimate of drug-likeness (QED) is 0.671. The molecule has 86 valence electrons. The van der Waals surface area contributed by atoms with Crippen molar-refractivity contribution in [3.05, 3.63) is 30.4 Å². The van der Waals surface area contributed by atoms with Crippen molar-refractivity contribution in [1.82, 2.24) is 0 Å². The van der Waals surface area contributed by atoms with Gasteiger partial charge < -0.3 is 12.5 Å². The van der Waals surface area contributed by atoms with Gasteiger partial charge in [-0.05, 0) is 11.3 Å². The van der Waals surface area contributed by atoms with E-state index in [4.69, 9.17) is 0 Å². The van der Waals surface area contributed by atoms with Gasteiger partial charge in [0, 0.05) is 0 Å². The number of ketones is 1. The minimum Gasteiger partial charge on any atom is -0.592 e. The van der Waals surface area contributed by atoms with Gasteiger partial charge in [-0.1, -0.05) is 13.3 Å². The molecule has 6 heteroatoms. The van der Waals surface area contributed by atoms with E-state index >= 15 is 0 Å². The number of hydrogen-bond acceptors (Lipinski definition) is 2. The number of aliphatic hydroxyl groups is 1. The van der Waals surface area contributed by atoms with Crippen LogP contribution in [0.5, 0.6) is 0 Å². The number of Topliss-reactive ketones (excluding diaryl/α,β-unsaturated/α-hetero) is 1. The molecular formula is C10H11CsF3O2-. The fourth-order valence-corrected chi connectivity index (χ4v) is 1.20. The van der Waals surface area contributed by atoms with Crippen molar-refractivity contribution in [3.63, 3.8) is 0 Å². The Morgan fingerprint density at radius 2 is 1.94 bits per heavy atom. The number of allylic oxidation sites excluding steroid dienone is 3. The predicted octanol–water partition coefficient (Wildman–Crippen LogP) is -0.0725. The van der Waals surface area contributed by atoms with Gasteiger partial charge in [0.1, 0.15) is 0 Å². The van der Waals surface area contributed by atoms with Gasteiger partial charge in [0.15, 0.2) is 0 Å². The van der Waals surface area contributed by atoms with Crippen LogP contribution in [0.3, 0.4) is 0 Å². The van der Waals surface area contributed by atoms with E-state index in [1.165, 1.54) is 6.92 Å². The smallest absolute Gasteiger partial charge is 0.592 e. The van der Waals surface area contributed by atoms with Gasteiger partial charge in [0.2, 0.25) is 5.78 Å². The largest absolute Gasteiger partial charge is 1.00 e. The number of alkyl halides is 3. The van der Waals surface area contributed by atoms with Gasteiger partial charge >= 0.3 is 75.1 Å². The van der Waals surface area contributed by atoms with E-state index in [1.54, 1.807) is 0 Å². The molecule has 0 bridgehead atoms. The van der Waals surface area contributed by atoms with Crippen LogP contribution in [0.2, 0.25) is 0 Å². The molecule has 0 fully saturated rings. The van der Waals surface area contributed by atoms with Crippen LogP contribution in [-0.2, 0) is 4.79 Å². The summed E-state index contributed by atoms with van der Waals surface area (Å²) in [7, 11) is 0. The van der Waals surface area contributed by atoms with Gasteiger partial charge in [0.05, 0.1) is 0 Å². The van der Waals surface area contributed by atoms with Crippen LogP contribution in [0.4, 0.5) is 13.2 Å². The molecule has 1 aliphatic rings. The summed E-state index contributed by atoms with van der Waals surface area (Å²) in [5, 5.41) is 9.23. The first-order valence-corrected chi connectivity index (χ1v) is 3.95. The number of carbonyl (C=O) groups is 1. The Bertz CT molecular complexity index is 329. The van der Waals surface area contributed by atoms with Crippen molar-refractivity contribution < 1.29 is 92.0 Å². The summed E-state index contributed by atoms with van der Waals surface area (Å²) in [5.74, 6) is -2.55. The Hall–Kier alpha value is 0.792. The number of rotatable bonds is 1. The molecule has 0 aliphatic heterocycles. The zero-order valence-electron chi connectivity index (χ0n) is 9.40. The Labute approximate surface area is 151 Å². The summed E-state index contributed by atoms with van der Waals surface area (Å²) in [6.07, 6.45) is -2.14.